The Kier molecular flexibility index (Phi) is 10.3. The van der Waals surface area contributed by atoms with Crippen molar-refractivity contribution in [1.82, 2.24) is 14.2 Å². The maximum Gasteiger partial charge on any atom is 0.260 e. The Morgan fingerprint density at radius 2 is 1.70 bits per heavy atom. The summed E-state index contributed by atoms with van der Waals surface area (Å²) in [6, 6.07) is 12.0. The molecule has 0 radical (unpaired) electrons. The lowest BCUT2D eigenvalue weighted by molar-refractivity contribution is 0.0986. The molecule has 0 bridgehead atoms. The van der Waals surface area contributed by atoms with Gasteiger partial charge in [0.05, 0.1) is 22.2 Å². The van der Waals surface area contributed by atoms with Gasteiger partial charge in [0.2, 0.25) is 10.0 Å². The summed E-state index contributed by atoms with van der Waals surface area (Å²) in [6.45, 7) is 2.42. The SMILES string of the molecule is COc1ccc2sc(N(CCCN(C)C)C(=O)c3ccc(S(=O)(=O)N4CCCCCC4)cc3)nc2c1.Cl. The van der Waals surface area contributed by atoms with Crippen molar-refractivity contribution in [3.05, 3.63) is 48.0 Å². The predicted octanol–water partition coefficient (Wildman–Crippen LogP) is 4.89. The topological polar surface area (TPSA) is 83.0 Å². The minimum absolute atomic E-state index is 0. The number of carbonyl (C=O) groups is 1. The zero-order valence-electron chi connectivity index (χ0n) is 21.6. The van der Waals surface area contributed by atoms with E-state index in [1.807, 2.05) is 32.3 Å². The Morgan fingerprint density at radius 3 is 2.32 bits per heavy atom. The van der Waals surface area contributed by atoms with Crippen molar-refractivity contribution in [3.63, 3.8) is 0 Å². The highest BCUT2D eigenvalue weighted by Crippen LogP contribution is 2.32. The highest BCUT2D eigenvalue weighted by Gasteiger charge is 2.26. The molecular formula is C26H35ClN4O4S2. The molecule has 37 heavy (non-hydrogen) atoms. The van der Waals surface area contributed by atoms with E-state index in [0.29, 0.717) is 36.1 Å². The molecule has 0 spiro atoms. The van der Waals surface area contributed by atoms with Gasteiger partial charge in [0, 0.05) is 31.3 Å². The van der Waals surface area contributed by atoms with Gasteiger partial charge in [-0.15, -0.1) is 12.4 Å². The number of hydrogen-bond acceptors (Lipinski definition) is 7. The number of carbonyl (C=O) groups excluding carboxylic acids is 1. The molecule has 0 N–H and O–H groups in total. The molecule has 0 unspecified atom stereocenters. The number of methoxy groups -OCH3 is 1. The molecule has 1 aromatic heterocycles. The number of amides is 1. The Hall–Kier alpha value is -2.24. The minimum atomic E-state index is -3.57. The number of ether oxygens (including phenoxy) is 1. The lowest BCUT2D eigenvalue weighted by Gasteiger charge is -2.22. The van der Waals surface area contributed by atoms with Gasteiger partial charge in [-0.1, -0.05) is 24.2 Å². The summed E-state index contributed by atoms with van der Waals surface area (Å²) in [5.41, 5.74) is 1.21. The molecule has 202 valence electrons. The number of hydrogen-bond donors (Lipinski definition) is 0. The summed E-state index contributed by atoms with van der Waals surface area (Å²) < 4.78 is 34.1. The number of fused-ring (bicyclic) bond motifs is 1. The van der Waals surface area contributed by atoms with E-state index in [1.54, 1.807) is 40.6 Å². The molecule has 2 heterocycles. The van der Waals surface area contributed by atoms with Crippen molar-refractivity contribution >= 4 is 55.0 Å². The maximum atomic E-state index is 13.6. The predicted molar refractivity (Wildman–Crippen MR) is 152 cm³/mol. The van der Waals surface area contributed by atoms with E-state index < -0.39 is 10.0 Å². The third-order valence-corrected chi connectivity index (χ3v) is 9.32. The van der Waals surface area contributed by atoms with Crippen LogP contribution in [0.2, 0.25) is 0 Å². The number of thiazole rings is 1. The van der Waals surface area contributed by atoms with Crippen LogP contribution in [0.4, 0.5) is 5.13 Å². The van der Waals surface area contributed by atoms with Gasteiger partial charge in [-0.25, -0.2) is 13.4 Å². The summed E-state index contributed by atoms with van der Waals surface area (Å²) in [6.07, 6.45) is 4.65. The smallest absolute Gasteiger partial charge is 0.260 e. The van der Waals surface area contributed by atoms with E-state index in [2.05, 4.69) is 4.90 Å². The average molecular weight is 567 g/mol. The summed E-state index contributed by atoms with van der Waals surface area (Å²) in [7, 11) is 2.05. The third kappa shape index (κ3) is 7.00. The maximum absolute atomic E-state index is 13.6. The highest BCUT2D eigenvalue weighted by molar-refractivity contribution is 7.89. The zero-order valence-corrected chi connectivity index (χ0v) is 24.0. The zero-order chi connectivity index (χ0) is 25.7. The van der Waals surface area contributed by atoms with Crippen LogP contribution in [-0.2, 0) is 10.0 Å². The lowest BCUT2D eigenvalue weighted by atomic mass is 10.2. The van der Waals surface area contributed by atoms with Crippen LogP contribution in [-0.4, -0.2) is 75.9 Å². The van der Waals surface area contributed by atoms with Crippen LogP contribution < -0.4 is 9.64 Å². The van der Waals surface area contributed by atoms with Gasteiger partial charge in [-0.3, -0.25) is 9.69 Å². The van der Waals surface area contributed by atoms with Crippen LogP contribution in [0.5, 0.6) is 5.75 Å². The van der Waals surface area contributed by atoms with Crippen LogP contribution in [0.1, 0.15) is 42.5 Å². The van der Waals surface area contributed by atoms with Crippen molar-refractivity contribution in [1.29, 1.82) is 0 Å². The Balaban J connectivity index is 0.00000380. The minimum Gasteiger partial charge on any atom is -0.497 e. The second-order valence-electron chi connectivity index (χ2n) is 9.29. The molecule has 1 saturated heterocycles. The molecule has 3 aromatic rings. The number of nitrogens with zero attached hydrogens (tertiary/aromatic N) is 4. The molecule has 11 heteroatoms. The second kappa shape index (κ2) is 13.0. The molecule has 1 aliphatic heterocycles. The molecule has 8 nitrogen and oxygen atoms in total. The highest BCUT2D eigenvalue weighted by atomic mass is 35.5. The molecule has 1 aliphatic rings. The fourth-order valence-electron chi connectivity index (χ4n) is 4.32. The standard InChI is InChI=1S/C26H34N4O4S2.ClH/c1-28(2)15-8-18-30(26-27-23-19-21(34-3)11-14-24(23)35-26)25(31)20-9-12-22(13-10-20)36(32,33)29-16-6-4-5-7-17-29;/h9-14,19H,4-8,15-18H2,1-3H3;1H. The van der Waals surface area contributed by atoms with E-state index in [-0.39, 0.29) is 23.2 Å². The van der Waals surface area contributed by atoms with E-state index >= 15 is 0 Å². The second-order valence-corrected chi connectivity index (χ2v) is 12.2. The number of rotatable bonds is 9. The van der Waals surface area contributed by atoms with Crippen LogP contribution in [0.25, 0.3) is 10.2 Å². The normalized spacial score (nSPS) is 14.8. The first kappa shape index (κ1) is 29.3. The molecular weight excluding hydrogens is 532 g/mol. The fourth-order valence-corrected chi connectivity index (χ4v) is 6.81. The molecule has 0 saturated carbocycles. The average Bonchev–Trinajstić information content (AvgIpc) is 3.08. The molecule has 4 rings (SSSR count). The summed E-state index contributed by atoms with van der Waals surface area (Å²) in [5.74, 6) is 0.518. The van der Waals surface area contributed by atoms with E-state index in [0.717, 1.165) is 48.9 Å². The van der Waals surface area contributed by atoms with Crippen molar-refractivity contribution in [2.75, 3.05) is 52.3 Å². The van der Waals surface area contributed by atoms with E-state index in [4.69, 9.17) is 9.72 Å². The summed E-state index contributed by atoms with van der Waals surface area (Å²) in [5, 5.41) is 0.614. The van der Waals surface area contributed by atoms with Gasteiger partial charge in [0.1, 0.15) is 5.75 Å². The Morgan fingerprint density at radius 1 is 1.03 bits per heavy atom. The number of halogens is 1. The summed E-state index contributed by atoms with van der Waals surface area (Å²) in [4.78, 5) is 22.3. The molecule has 0 atom stereocenters. The molecule has 1 fully saturated rings. The van der Waals surface area contributed by atoms with E-state index in [1.165, 1.54) is 11.3 Å². The van der Waals surface area contributed by atoms with Crippen LogP contribution in [0.3, 0.4) is 0 Å². The van der Waals surface area contributed by atoms with Crippen LogP contribution >= 0.6 is 23.7 Å². The van der Waals surface area contributed by atoms with Crippen molar-refractivity contribution in [2.24, 2.45) is 0 Å². The lowest BCUT2D eigenvalue weighted by Crippen LogP contribution is -2.34. The summed E-state index contributed by atoms with van der Waals surface area (Å²) >= 11 is 1.46. The largest absolute Gasteiger partial charge is 0.497 e. The molecule has 1 amide bonds. The third-order valence-electron chi connectivity index (χ3n) is 6.35. The number of aromatic nitrogens is 1. The van der Waals surface area contributed by atoms with Gasteiger partial charge in [-0.2, -0.15) is 4.31 Å². The number of sulfonamides is 1. The van der Waals surface area contributed by atoms with Gasteiger partial charge < -0.3 is 9.64 Å². The van der Waals surface area contributed by atoms with Crippen LogP contribution in [0, 0.1) is 0 Å². The Bertz CT molecular complexity index is 1290. The number of anilines is 1. The van der Waals surface area contributed by atoms with Gasteiger partial charge in [-0.05, 0) is 76.3 Å². The van der Waals surface area contributed by atoms with Crippen molar-refractivity contribution in [3.8, 4) is 5.75 Å². The van der Waals surface area contributed by atoms with E-state index in [9.17, 15) is 13.2 Å². The fraction of sp³-hybridized carbons (Fsp3) is 0.462. The molecule has 0 aliphatic carbocycles. The first-order chi connectivity index (χ1) is 17.3. The van der Waals surface area contributed by atoms with Crippen molar-refractivity contribution < 1.29 is 17.9 Å². The van der Waals surface area contributed by atoms with Crippen LogP contribution in [0.15, 0.2) is 47.4 Å². The first-order valence-corrected chi connectivity index (χ1v) is 14.6. The quantitative estimate of drug-likeness (QED) is 0.367. The van der Waals surface area contributed by atoms with Crippen molar-refractivity contribution in [2.45, 2.75) is 37.0 Å². The van der Waals surface area contributed by atoms with Gasteiger partial charge >= 0.3 is 0 Å². The van der Waals surface area contributed by atoms with Gasteiger partial charge in [0.15, 0.2) is 5.13 Å². The Labute approximate surface area is 229 Å². The number of benzene rings is 2. The van der Waals surface area contributed by atoms with Gasteiger partial charge in [0.25, 0.3) is 5.91 Å². The monoisotopic (exact) mass is 566 g/mol. The molecule has 2 aromatic carbocycles. The first-order valence-electron chi connectivity index (χ1n) is 12.3.